The number of amides is 1. The number of halogens is 1. The number of hydrogen-bond donors (Lipinski definition) is 1. The molecule has 0 atom stereocenters. The highest BCUT2D eigenvalue weighted by Gasteiger charge is 2.14. The number of carbonyl (C=O) groups excluding carboxylic acids is 1. The van der Waals surface area contributed by atoms with Gasteiger partial charge in [0.25, 0.3) is 5.91 Å². The first-order valence-electron chi connectivity index (χ1n) is 10.1. The molecule has 0 saturated carbocycles. The van der Waals surface area contributed by atoms with Gasteiger partial charge in [-0.1, -0.05) is 60.1 Å². The lowest BCUT2D eigenvalue weighted by Crippen LogP contribution is -2.20. The molecule has 6 heteroatoms. The van der Waals surface area contributed by atoms with Crippen LogP contribution in [0, 0.1) is 0 Å². The van der Waals surface area contributed by atoms with Crippen molar-refractivity contribution in [3.63, 3.8) is 0 Å². The van der Waals surface area contributed by atoms with Crippen LogP contribution in [0.4, 0.5) is 0 Å². The van der Waals surface area contributed by atoms with E-state index in [4.69, 9.17) is 21.0 Å². The minimum atomic E-state index is -0.325. The first-order chi connectivity index (χ1) is 15.6. The van der Waals surface area contributed by atoms with Crippen LogP contribution >= 0.6 is 11.6 Å². The Kier molecular flexibility index (Phi) is 5.17. The number of fused-ring (bicyclic) bond motifs is 2. The molecule has 2 aromatic heterocycles. The number of benzene rings is 3. The number of aromatic nitrogens is 1. The van der Waals surface area contributed by atoms with Gasteiger partial charge in [-0.15, -0.1) is 0 Å². The second kappa shape index (κ2) is 8.29. The van der Waals surface area contributed by atoms with Crippen LogP contribution in [0.5, 0.6) is 0 Å². The van der Waals surface area contributed by atoms with E-state index in [9.17, 15) is 4.79 Å². The molecule has 0 saturated heterocycles. The number of rotatable bonds is 4. The van der Waals surface area contributed by atoms with Crippen molar-refractivity contribution in [2.45, 2.75) is 6.92 Å². The quantitative estimate of drug-likeness (QED) is 0.258. The van der Waals surface area contributed by atoms with Gasteiger partial charge in [0.2, 0.25) is 0 Å². The van der Waals surface area contributed by atoms with Crippen LogP contribution in [0.25, 0.3) is 33.1 Å². The monoisotopic (exact) mass is 439 g/mol. The minimum Gasteiger partial charge on any atom is -0.455 e. The van der Waals surface area contributed by atoms with Gasteiger partial charge in [-0.3, -0.25) is 4.79 Å². The zero-order valence-corrected chi connectivity index (χ0v) is 17.9. The van der Waals surface area contributed by atoms with Crippen LogP contribution in [0.3, 0.4) is 0 Å². The Hall–Kier alpha value is -3.96. The van der Waals surface area contributed by atoms with Gasteiger partial charge in [0.1, 0.15) is 11.3 Å². The molecule has 32 heavy (non-hydrogen) atoms. The number of pyridine rings is 1. The van der Waals surface area contributed by atoms with Crippen LogP contribution in [-0.2, 0) is 0 Å². The van der Waals surface area contributed by atoms with Crippen molar-refractivity contribution in [2.75, 3.05) is 0 Å². The summed E-state index contributed by atoms with van der Waals surface area (Å²) in [6.07, 6.45) is 0. The summed E-state index contributed by atoms with van der Waals surface area (Å²) in [7, 11) is 0. The fraction of sp³-hybridized carbons (Fsp3) is 0.0385. The Morgan fingerprint density at radius 2 is 1.72 bits per heavy atom. The van der Waals surface area contributed by atoms with Crippen molar-refractivity contribution in [2.24, 2.45) is 5.10 Å². The smallest absolute Gasteiger partial charge is 0.272 e. The van der Waals surface area contributed by atoms with E-state index in [0.717, 1.165) is 27.4 Å². The molecule has 0 bridgehead atoms. The highest BCUT2D eigenvalue weighted by molar-refractivity contribution is 6.30. The van der Waals surface area contributed by atoms with Gasteiger partial charge in [0.15, 0.2) is 5.76 Å². The average Bonchev–Trinajstić information content (AvgIpc) is 3.26. The average molecular weight is 440 g/mol. The standard InChI is InChI=1S/C26H18ClN3O2/c1-16(25-14-18-6-2-5-9-24(18)32-25)29-30-26(31)21-15-23(17-10-12-19(27)13-11-17)28-22-8-4-3-7-20(21)22/h2-15H,1H3,(H,30,31)/b29-16+. The molecule has 0 aliphatic carbocycles. The largest absolute Gasteiger partial charge is 0.455 e. The van der Waals surface area contributed by atoms with E-state index in [2.05, 4.69) is 10.5 Å². The van der Waals surface area contributed by atoms with Gasteiger partial charge in [-0.25, -0.2) is 10.4 Å². The maximum atomic E-state index is 13.1. The molecule has 5 rings (SSSR count). The zero-order chi connectivity index (χ0) is 22.1. The van der Waals surface area contributed by atoms with Gasteiger partial charge in [-0.05, 0) is 43.3 Å². The van der Waals surface area contributed by atoms with E-state index in [1.807, 2.05) is 66.7 Å². The van der Waals surface area contributed by atoms with Gasteiger partial charge in [0.05, 0.1) is 16.8 Å². The van der Waals surface area contributed by atoms with E-state index < -0.39 is 0 Å². The normalized spacial score (nSPS) is 11.8. The summed E-state index contributed by atoms with van der Waals surface area (Å²) in [5.41, 5.74) is 6.78. The van der Waals surface area contributed by atoms with Crippen LogP contribution in [-0.4, -0.2) is 16.6 Å². The molecule has 5 aromatic rings. The molecule has 0 radical (unpaired) electrons. The molecular formula is C26H18ClN3O2. The Morgan fingerprint density at radius 1 is 0.969 bits per heavy atom. The summed E-state index contributed by atoms with van der Waals surface area (Å²) < 4.78 is 5.82. The van der Waals surface area contributed by atoms with Crippen LogP contribution in [0.15, 0.2) is 94.4 Å². The van der Waals surface area contributed by atoms with Crippen molar-refractivity contribution in [1.29, 1.82) is 0 Å². The maximum absolute atomic E-state index is 13.1. The topological polar surface area (TPSA) is 67.5 Å². The third-order valence-corrected chi connectivity index (χ3v) is 5.46. The highest BCUT2D eigenvalue weighted by Crippen LogP contribution is 2.26. The second-order valence-electron chi connectivity index (χ2n) is 7.37. The summed E-state index contributed by atoms with van der Waals surface area (Å²) in [6, 6.07) is 26.3. The molecular weight excluding hydrogens is 422 g/mol. The third kappa shape index (κ3) is 3.86. The molecule has 0 fully saturated rings. The summed E-state index contributed by atoms with van der Waals surface area (Å²) in [5, 5.41) is 6.65. The third-order valence-electron chi connectivity index (χ3n) is 5.21. The number of hydrogen-bond acceptors (Lipinski definition) is 4. The lowest BCUT2D eigenvalue weighted by molar-refractivity contribution is 0.0956. The van der Waals surface area contributed by atoms with E-state index in [1.54, 1.807) is 25.1 Å². The molecule has 0 unspecified atom stereocenters. The number of nitrogens with one attached hydrogen (secondary N) is 1. The molecule has 0 aliphatic rings. The Bertz CT molecular complexity index is 1450. The number of nitrogens with zero attached hydrogens (tertiary/aromatic N) is 2. The van der Waals surface area contributed by atoms with Crippen molar-refractivity contribution in [3.05, 3.63) is 101 Å². The number of carbonyl (C=O) groups is 1. The van der Waals surface area contributed by atoms with Crippen LogP contribution < -0.4 is 5.43 Å². The van der Waals surface area contributed by atoms with Gasteiger partial charge >= 0.3 is 0 Å². The van der Waals surface area contributed by atoms with Crippen LogP contribution in [0.2, 0.25) is 5.02 Å². The van der Waals surface area contributed by atoms with Crippen molar-refractivity contribution >= 4 is 45.1 Å². The van der Waals surface area contributed by atoms with E-state index in [1.165, 1.54) is 0 Å². The molecule has 0 spiro atoms. The lowest BCUT2D eigenvalue weighted by Gasteiger charge is -2.09. The fourth-order valence-corrected chi connectivity index (χ4v) is 3.67. The summed E-state index contributed by atoms with van der Waals surface area (Å²) in [5.74, 6) is 0.280. The van der Waals surface area contributed by atoms with Crippen molar-refractivity contribution in [1.82, 2.24) is 10.4 Å². The minimum absolute atomic E-state index is 0.325. The van der Waals surface area contributed by atoms with Gasteiger partial charge < -0.3 is 4.42 Å². The summed E-state index contributed by atoms with van der Waals surface area (Å²) in [4.78, 5) is 17.8. The Morgan fingerprint density at radius 3 is 2.53 bits per heavy atom. The van der Waals surface area contributed by atoms with E-state index in [-0.39, 0.29) is 5.91 Å². The van der Waals surface area contributed by atoms with Gasteiger partial charge in [0, 0.05) is 21.4 Å². The fourth-order valence-electron chi connectivity index (χ4n) is 3.54. The molecule has 156 valence electrons. The first kappa shape index (κ1) is 20.0. The number of hydrazone groups is 1. The van der Waals surface area contributed by atoms with E-state index in [0.29, 0.717) is 27.8 Å². The van der Waals surface area contributed by atoms with E-state index >= 15 is 0 Å². The molecule has 1 N–H and O–H groups in total. The Balaban J connectivity index is 1.49. The molecule has 5 nitrogen and oxygen atoms in total. The maximum Gasteiger partial charge on any atom is 0.272 e. The summed E-state index contributed by atoms with van der Waals surface area (Å²) >= 11 is 6.02. The SMILES string of the molecule is C/C(=N\NC(=O)c1cc(-c2ccc(Cl)cc2)nc2ccccc12)c1cc2ccccc2o1. The van der Waals surface area contributed by atoms with Crippen LogP contribution in [0.1, 0.15) is 23.0 Å². The molecule has 0 aliphatic heterocycles. The lowest BCUT2D eigenvalue weighted by atomic mass is 10.0. The molecule has 3 aromatic carbocycles. The summed E-state index contributed by atoms with van der Waals surface area (Å²) in [6.45, 7) is 1.79. The zero-order valence-electron chi connectivity index (χ0n) is 17.2. The number of para-hydroxylation sites is 2. The predicted molar refractivity (Wildman–Crippen MR) is 128 cm³/mol. The van der Waals surface area contributed by atoms with Crippen molar-refractivity contribution in [3.8, 4) is 11.3 Å². The highest BCUT2D eigenvalue weighted by atomic mass is 35.5. The second-order valence-corrected chi connectivity index (χ2v) is 7.80. The first-order valence-corrected chi connectivity index (χ1v) is 10.5. The molecule has 2 heterocycles. The molecule has 1 amide bonds. The number of furan rings is 1. The van der Waals surface area contributed by atoms with Crippen molar-refractivity contribution < 1.29 is 9.21 Å². The predicted octanol–water partition coefficient (Wildman–Crippen LogP) is 6.46. The van der Waals surface area contributed by atoms with Gasteiger partial charge in [-0.2, -0.15) is 5.10 Å². The Labute approximate surface area is 189 Å².